The van der Waals surface area contributed by atoms with Crippen LogP contribution in [0.4, 0.5) is 0 Å². The van der Waals surface area contributed by atoms with Crippen molar-refractivity contribution in [2.24, 2.45) is 0 Å². The summed E-state index contributed by atoms with van der Waals surface area (Å²) in [5.41, 5.74) is 0.608. The first-order valence-electron chi connectivity index (χ1n) is 7.85. The quantitative estimate of drug-likeness (QED) is 0.791. The Morgan fingerprint density at radius 3 is 2.52 bits per heavy atom. The number of piperazine rings is 1. The van der Waals surface area contributed by atoms with Crippen LogP contribution < -0.4 is 14.8 Å². The number of carbonyl (C=O) groups is 1. The van der Waals surface area contributed by atoms with Gasteiger partial charge in [0.05, 0.1) is 18.2 Å². The largest absolute Gasteiger partial charge is 0.490 e. The molecule has 6 nitrogen and oxygen atoms in total. The number of nitrogens with one attached hydrogen (secondary N) is 1. The minimum Gasteiger partial charge on any atom is -0.490 e. The van der Waals surface area contributed by atoms with Crippen LogP contribution in [0.2, 0.25) is 5.02 Å². The normalized spacial score (nSPS) is 16.8. The first-order chi connectivity index (χ1) is 11.1. The summed E-state index contributed by atoms with van der Waals surface area (Å²) in [7, 11) is 0. The van der Waals surface area contributed by atoms with E-state index in [0.29, 0.717) is 48.4 Å². The number of aliphatic carboxylic acids is 1. The summed E-state index contributed by atoms with van der Waals surface area (Å²) in [6.07, 6.45) is 0. The Morgan fingerprint density at radius 1 is 1.30 bits per heavy atom. The van der Waals surface area contributed by atoms with Gasteiger partial charge in [-0.3, -0.25) is 9.69 Å². The highest BCUT2D eigenvalue weighted by Gasteiger charge is 2.30. The second-order valence-electron chi connectivity index (χ2n) is 5.22. The van der Waals surface area contributed by atoms with Gasteiger partial charge in [-0.05, 0) is 31.5 Å². The Kier molecular flexibility index (Phi) is 6.50. The second kappa shape index (κ2) is 8.38. The third-order valence-electron chi connectivity index (χ3n) is 3.69. The van der Waals surface area contributed by atoms with Gasteiger partial charge in [0.15, 0.2) is 11.5 Å². The van der Waals surface area contributed by atoms with Gasteiger partial charge >= 0.3 is 5.97 Å². The molecule has 1 unspecified atom stereocenters. The fraction of sp³-hybridized carbons (Fsp3) is 0.562. The van der Waals surface area contributed by atoms with Crippen molar-refractivity contribution in [1.29, 1.82) is 0 Å². The number of hydrogen-bond acceptors (Lipinski definition) is 5. The lowest BCUT2D eigenvalue weighted by Crippen LogP contribution is -2.47. The van der Waals surface area contributed by atoms with Crippen LogP contribution in [0.3, 0.4) is 0 Å². The molecule has 0 amide bonds. The van der Waals surface area contributed by atoms with Gasteiger partial charge in [0.25, 0.3) is 0 Å². The van der Waals surface area contributed by atoms with E-state index in [-0.39, 0.29) is 0 Å². The van der Waals surface area contributed by atoms with E-state index < -0.39 is 12.0 Å². The Balaban J connectivity index is 2.40. The first-order valence-corrected chi connectivity index (χ1v) is 8.22. The zero-order valence-electron chi connectivity index (χ0n) is 13.5. The molecule has 0 bridgehead atoms. The summed E-state index contributed by atoms with van der Waals surface area (Å²) in [6.45, 7) is 7.52. The average molecular weight is 343 g/mol. The fourth-order valence-corrected chi connectivity index (χ4v) is 3.02. The molecule has 2 N–H and O–H groups in total. The Morgan fingerprint density at radius 2 is 1.96 bits per heavy atom. The molecule has 0 saturated carbocycles. The van der Waals surface area contributed by atoms with Gasteiger partial charge in [0.1, 0.15) is 6.04 Å². The van der Waals surface area contributed by atoms with Gasteiger partial charge in [-0.1, -0.05) is 11.6 Å². The number of ether oxygens (including phenoxy) is 2. The van der Waals surface area contributed by atoms with Crippen molar-refractivity contribution in [2.75, 3.05) is 39.4 Å². The highest BCUT2D eigenvalue weighted by molar-refractivity contribution is 6.32. The van der Waals surface area contributed by atoms with Crippen LogP contribution in [0.1, 0.15) is 25.5 Å². The molecule has 1 aromatic carbocycles. The number of carboxylic acids is 1. The SMILES string of the molecule is CCOc1cc(C(C(=O)O)N2CCNCC2)cc(Cl)c1OCC. The number of halogens is 1. The first kappa shape index (κ1) is 17.8. The molecular formula is C16H23ClN2O4. The zero-order chi connectivity index (χ0) is 16.8. The van der Waals surface area contributed by atoms with Crippen LogP contribution in [-0.2, 0) is 4.79 Å². The highest BCUT2D eigenvalue weighted by atomic mass is 35.5. The highest BCUT2D eigenvalue weighted by Crippen LogP contribution is 2.39. The molecule has 2 rings (SSSR count). The molecule has 7 heteroatoms. The maximum absolute atomic E-state index is 11.8. The van der Waals surface area contributed by atoms with Crippen LogP contribution >= 0.6 is 11.6 Å². The van der Waals surface area contributed by atoms with E-state index in [1.807, 2.05) is 18.7 Å². The molecule has 23 heavy (non-hydrogen) atoms. The molecule has 1 atom stereocenters. The van der Waals surface area contributed by atoms with Crippen molar-refractivity contribution in [3.8, 4) is 11.5 Å². The lowest BCUT2D eigenvalue weighted by Gasteiger charge is -2.33. The van der Waals surface area contributed by atoms with Gasteiger partial charge < -0.3 is 19.9 Å². The number of benzene rings is 1. The number of nitrogens with zero attached hydrogens (tertiary/aromatic N) is 1. The Bertz CT molecular complexity index is 547. The van der Waals surface area contributed by atoms with Crippen molar-refractivity contribution in [3.05, 3.63) is 22.7 Å². The maximum Gasteiger partial charge on any atom is 0.325 e. The average Bonchev–Trinajstić information content (AvgIpc) is 2.52. The fourth-order valence-electron chi connectivity index (χ4n) is 2.74. The molecule has 0 aromatic heterocycles. The molecular weight excluding hydrogens is 320 g/mol. The number of hydrogen-bond donors (Lipinski definition) is 2. The van der Waals surface area contributed by atoms with Gasteiger partial charge in [-0.25, -0.2) is 0 Å². The van der Waals surface area contributed by atoms with E-state index in [1.165, 1.54) is 0 Å². The second-order valence-corrected chi connectivity index (χ2v) is 5.63. The predicted octanol–water partition coefficient (Wildman–Crippen LogP) is 2.17. The van der Waals surface area contributed by atoms with Gasteiger partial charge in [-0.2, -0.15) is 0 Å². The molecule has 0 aliphatic carbocycles. The van der Waals surface area contributed by atoms with Crippen LogP contribution in [0.5, 0.6) is 11.5 Å². The number of rotatable bonds is 7. The van der Waals surface area contributed by atoms with E-state index in [2.05, 4.69) is 5.32 Å². The van der Waals surface area contributed by atoms with Crippen molar-refractivity contribution >= 4 is 17.6 Å². The number of carboxylic acid groups (broad SMARTS) is 1. The Labute approximate surface area is 141 Å². The molecule has 0 radical (unpaired) electrons. The minimum absolute atomic E-state index is 0.370. The lowest BCUT2D eigenvalue weighted by molar-refractivity contribution is -0.143. The summed E-state index contributed by atoms with van der Waals surface area (Å²) < 4.78 is 11.1. The lowest BCUT2D eigenvalue weighted by atomic mass is 10.0. The van der Waals surface area contributed by atoms with E-state index in [1.54, 1.807) is 12.1 Å². The third kappa shape index (κ3) is 4.28. The van der Waals surface area contributed by atoms with Crippen molar-refractivity contribution in [2.45, 2.75) is 19.9 Å². The monoisotopic (exact) mass is 342 g/mol. The van der Waals surface area contributed by atoms with Crippen LogP contribution in [-0.4, -0.2) is 55.4 Å². The summed E-state index contributed by atoms with van der Waals surface area (Å²) >= 11 is 6.31. The van der Waals surface area contributed by atoms with E-state index in [0.717, 1.165) is 13.1 Å². The smallest absolute Gasteiger partial charge is 0.325 e. The summed E-state index contributed by atoms with van der Waals surface area (Å²) in [6, 6.07) is 2.64. The van der Waals surface area contributed by atoms with E-state index in [9.17, 15) is 9.90 Å². The predicted molar refractivity (Wildman–Crippen MR) is 88.6 cm³/mol. The molecule has 1 saturated heterocycles. The summed E-state index contributed by atoms with van der Waals surface area (Å²) in [5, 5.41) is 13.3. The topological polar surface area (TPSA) is 71.0 Å². The third-order valence-corrected chi connectivity index (χ3v) is 3.97. The molecule has 128 valence electrons. The molecule has 1 aromatic rings. The van der Waals surface area contributed by atoms with Crippen molar-refractivity contribution < 1.29 is 19.4 Å². The molecule has 1 aliphatic heterocycles. The Hall–Kier alpha value is -1.50. The van der Waals surface area contributed by atoms with Gasteiger partial charge in [-0.15, -0.1) is 0 Å². The molecule has 1 aliphatic rings. The van der Waals surface area contributed by atoms with Gasteiger partial charge in [0, 0.05) is 26.2 Å². The van der Waals surface area contributed by atoms with Gasteiger partial charge in [0.2, 0.25) is 0 Å². The minimum atomic E-state index is -0.894. The van der Waals surface area contributed by atoms with Crippen LogP contribution in [0.25, 0.3) is 0 Å². The van der Waals surface area contributed by atoms with E-state index >= 15 is 0 Å². The van der Waals surface area contributed by atoms with Crippen molar-refractivity contribution in [3.63, 3.8) is 0 Å². The van der Waals surface area contributed by atoms with Crippen molar-refractivity contribution in [1.82, 2.24) is 10.2 Å². The van der Waals surface area contributed by atoms with Crippen LogP contribution in [0, 0.1) is 0 Å². The zero-order valence-corrected chi connectivity index (χ0v) is 14.2. The standard InChI is InChI=1S/C16H23ClN2O4/c1-3-22-13-10-11(9-12(17)15(13)23-4-2)14(16(20)21)19-7-5-18-6-8-19/h9-10,14,18H,3-8H2,1-2H3,(H,20,21). The molecule has 0 spiro atoms. The molecule has 1 fully saturated rings. The summed E-state index contributed by atoms with van der Waals surface area (Å²) in [5.74, 6) is 0.0528. The van der Waals surface area contributed by atoms with E-state index in [4.69, 9.17) is 21.1 Å². The maximum atomic E-state index is 11.8. The summed E-state index contributed by atoms with van der Waals surface area (Å²) in [4.78, 5) is 13.7. The van der Waals surface area contributed by atoms with Crippen LogP contribution in [0.15, 0.2) is 12.1 Å². The molecule has 1 heterocycles.